The first-order valence-corrected chi connectivity index (χ1v) is 9.04. The number of rotatable bonds is 3. The standard InChI is InChI=1S/C15H16ClNO4S/c16-10-4-6-12(7-5-10)22(20,21)17-11-2-1-3-14(17)13(9-18)15(19)8-11/h4-7,9,11,13-14H,1-3,8H2. The number of fused-ring (bicyclic) bond motifs is 2. The molecule has 5 nitrogen and oxygen atoms in total. The number of carbonyl (C=O) groups excluding carboxylic acids is 2. The van der Waals surface area contributed by atoms with Crippen molar-refractivity contribution < 1.29 is 18.0 Å². The summed E-state index contributed by atoms with van der Waals surface area (Å²) in [5.74, 6) is -0.995. The van der Waals surface area contributed by atoms with Crippen LogP contribution in [0.1, 0.15) is 25.7 Å². The van der Waals surface area contributed by atoms with Crippen LogP contribution in [-0.2, 0) is 19.6 Å². The van der Waals surface area contributed by atoms with Gasteiger partial charge in [0.05, 0.1) is 10.8 Å². The van der Waals surface area contributed by atoms with Crippen molar-refractivity contribution in [3.05, 3.63) is 29.3 Å². The molecule has 3 rings (SSSR count). The summed E-state index contributed by atoms with van der Waals surface area (Å²) in [5, 5.41) is 0.457. The second-order valence-electron chi connectivity index (χ2n) is 5.77. The smallest absolute Gasteiger partial charge is 0.243 e. The summed E-state index contributed by atoms with van der Waals surface area (Å²) in [6.07, 6.45) is 2.74. The number of carbonyl (C=O) groups is 2. The summed E-state index contributed by atoms with van der Waals surface area (Å²) < 4.78 is 27.3. The Morgan fingerprint density at radius 2 is 1.86 bits per heavy atom. The third-order valence-electron chi connectivity index (χ3n) is 4.48. The van der Waals surface area contributed by atoms with E-state index in [1.807, 2.05) is 0 Å². The molecule has 2 fully saturated rings. The summed E-state index contributed by atoms with van der Waals surface area (Å²) in [5.41, 5.74) is 0. The number of halogens is 1. The normalized spacial score (nSPS) is 29.3. The van der Waals surface area contributed by atoms with Gasteiger partial charge in [-0.05, 0) is 37.1 Å². The Morgan fingerprint density at radius 1 is 1.18 bits per heavy atom. The Kier molecular flexibility index (Phi) is 4.09. The van der Waals surface area contributed by atoms with E-state index in [2.05, 4.69) is 0 Å². The molecule has 0 saturated carbocycles. The van der Waals surface area contributed by atoms with Gasteiger partial charge in [0, 0.05) is 23.5 Å². The monoisotopic (exact) mass is 341 g/mol. The van der Waals surface area contributed by atoms with Crippen molar-refractivity contribution >= 4 is 33.7 Å². The Hall–Kier alpha value is -1.24. The van der Waals surface area contributed by atoms with Gasteiger partial charge in [0.2, 0.25) is 10.0 Å². The lowest BCUT2D eigenvalue weighted by Crippen LogP contribution is -2.59. The van der Waals surface area contributed by atoms with E-state index in [-0.39, 0.29) is 23.1 Å². The van der Waals surface area contributed by atoms with Gasteiger partial charge >= 0.3 is 0 Å². The van der Waals surface area contributed by atoms with Gasteiger partial charge in [0.1, 0.15) is 12.1 Å². The molecule has 0 aromatic heterocycles. The van der Waals surface area contributed by atoms with Gasteiger partial charge in [-0.2, -0.15) is 4.31 Å². The zero-order valence-electron chi connectivity index (χ0n) is 11.8. The number of hydrogen-bond acceptors (Lipinski definition) is 4. The summed E-state index contributed by atoms with van der Waals surface area (Å²) in [7, 11) is -3.74. The van der Waals surface area contributed by atoms with Gasteiger partial charge in [0.15, 0.2) is 0 Å². The lowest BCUT2D eigenvalue weighted by Gasteiger charge is -2.46. The van der Waals surface area contributed by atoms with Crippen LogP contribution in [0.15, 0.2) is 29.2 Å². The van der Waals surface area contributed by atoms with Gasteiger partial charge in [0.25, 0.3) is 0 Å². The van der Waals surface area contributed by atoms with Crippen LogP contribution in [0.4, 0.5) is 0 Å². The predicted molar refractivity (Wildman–Crippen MR) is 81.1 cm³/mol. The van der Waals surface area contributed by atoms with E-state index in [9.17, 15) is 18.0 Å². The van der Waals surface area contributed by atoms with Crippen molar-refractivity contribution in [1.82, 2.24) is 4.31 Å². The Morgan fingerprint density at radius 3 is 2.50 bits per heavy atom. The topological polar surface area (TPSA) is 71.5 Å². The Bertz CT molecular complexity index is 701. The number of aldehydes is 1. The fourth-order valence-corrected chi connectivity index (χ4v) is 5.48. The molecule has 0 amide bonds. The molecule has 2 bridgehead atoms. The van der Waals surface area contributed by atoms with E-state index < -0.39 is 22.0 Å². The number of hydrogen-bond donors (Lipinski definition) is 0. The minimum atomic E-state index is -3.74. The van der Waals surface area contributed by atoms with E-state index in [1.54, 1.807) is 0 Å². The van der Waals surface area contributed by atoms with Gasteiger partial charge in [-0.15, -0.1) is 0 Å². The molecule has 0 N–H and O–H groups in total. The molecule has 1 aromatic rings. The quantitative estimate of drug-likeness (QED) is 0.623. The van der Waals surface area contributed by atoms with Crippen LogP contribution in [0.5, 0.6) is 0 Å². The highest BCUT2D eigenvalue weighted by molar-refractivity contribution is 7.89. The molecule has 3 atom stereocenters. The predicted octanol–water partition coefficient (Wildman–Crippen LogP) is 2.04. The fraction of sp³-hybridized carbons (Fsp3) is 0.467. The first-order valence-electron chi connectivity index (χ1n) is 7.22. The first-order chi connectivity index (χ1) is 10.4. The van der Waals surface area contributed by atoms with Crippen molar-refractivity contribution in [3.63, 3.8) is 0 Å². The highest BCUT2D eigenvalue weighted by atomic mass is 35.5. The van der Waals surface area contributed by atoms with Gasteiger partial charge in [-0.1, -0.05) is 18.0 Å². The van der Waals surface area contributed by atoms with Crippen LogP contribution in [0.25, 0.3) is 0 Å². The van der Waals surface area contributed by atoms with Crippen LogP contribution < -0.4 is 0 Å². The maximum Gasteiger partial charge on any atom is 0.243 e. The molecular weight excluding hydrogens is 326 g/mol. The largest absolute Gasteiger partial charge is 0.303 e. The summed E-state index contributed by atoms with van der Waals surface area (Å²) >= 11 is 5.81. The molecule has 2 heterocycles. The molecule has 0 aliphatic carbocycles. The van der Waals surface area contributed by atoms with Crippen LogP contribution in [0, 0.1) is 5.92 Å². The van der Waals surface area contributed by atoms with Crippen molar-refractivity contribution in [2.75, 3.05) is 0 Å². The second-order valence-corrected chi connectivity index (χ2v) is 8.05. The van der Waals surface area contributed by atoms with E-state index >= 15 is 0 Å². The zero-order chi connectivity index (χ0) is 15.9. The first kappa shape index (κ1) is 15.6. The molecule has 1 aromatic carbocycles. The van der Waals surface area contributed by atoms with Crippen molar-refractivity contribution in [2.24, 2.45) is 5.92 Å². The highest BCUT2D eigenvalue weighted by Gasteiger charge is 2.49. The number of sulfonamides is 1. The average Bonchev–Trinajstić information content (AvgIpc) is 2.47. The third kappa shape index (κ3) is 2.49. The Balaban J connectivity index is 2.03. The van der Waals surface area contributed by atoms with Crippen molar-refractivity contribution in [2.45, 2.75) is 42.7 Å². The maximum absolute atomic E-state index is 12.9. The number of nitrogens with zero attached hydrogens (tertiary/aromatic N) is 1. The van der Waals surface area contributed by atoms with Crippen molar-refractivity contribution in [1.29, 1.82) is 0 Å². The third-order valence-corrected chi connectivity index (χ3v) is 6.73. The molecule has 22 heavy (non-hydrogen) atoms. The molecule has 0 radical (unpaired) electrons. The molecule has 3 unspecified atom stereocenters. The van der Waals surface area contributed by atoms with E-state index in [0.29, 0.717) is 24.2 Å². The van der Waals surface area contributed by atoms with Crippen LogP contribution in [0.3, 0.4) is 0 Å². The van der Waals surface area contributed by atoms with Crippen LogP contribution in [-0.4, -0.2) is 36.9 Å². The number of benzene rings is 1. The Labute approximate surface area is 134 Å². The van der Waals surface area contributed by atoms with Gasteiger partial charge in [-0.25, -0.2) is 8.42 Å². The molecule has 2 saturated heterocycles. The van der Waals surface area contributed by atoms with E-state index in [1.165, 1.54) is 28.6 Å². The molecule has 118 valence electrons. The lowest BCUT2D eigenvalue weighted by molar-refractivity contribution is -0.135. The SMILES string of the molecule is O=CC1C(=O)CC2CCCC1N2S(=O)(=O)c1ccc(Cl)cc1. The zero-order valence-corrected chi connectivity index (χ0v) is 13.4. The minimum Gasteiger partial charge on any atom is -0.303 e. The number of Topliss-reactive ketones (excluding diaryl/α,β-unsaturated/α-hetero) is 1. The van der Waals surface area contributed by atoms with Crippen molar-refractivity contribution in [3.8, 4) is 0 Å². The van der Waals surface area contributed by atoms with Crippen LogP contribution in [0.2, 0.25) is 5.02 Å². The summed E-state index contributed by atoms with van der Waals surface area (Å²) in [6.45, 7) is 0. The molecular formula is C15H16ClNO4S. The second kappa shape index (κ2) is 5.76. The van der Waals surface area contributed by atoms with E-state index in [4.69, 9.17) is 11.6 Å². The molecule has 2 aliphatic rings. The highest BCUT2D eigenvalue weighted by Crippen LogP contribution is 2.39. The average molecular weight is 342 g/mol. The minimum absolute atomic E-state index is 0.118. The van der Waals surface area contributed by atoms with Crippen LogP contribution >= 0.6 is 11.6 Å². The summed E-state index contributed by atoms with van der Waals surface area (Å²) in [6, 6.07) is 5.06. The molecule has 0 spiro atoms. The lowest BCUT2D eigenvalue weighted by atomic mass is 9.79. The number of piperidine rings is 2. The summed E-state index contributed by atoms with van der Waals surface area (Å²) in [4.78, 5) is 23.4. The van der Waals surface area contributed by atoms with Gasteiger partial charge in [-0.3, -0.25) is 4.79 Å². The molecule has 2 aliphatic heterocycles. The fourth-order valence-electron chi connectivity index (χ4n) is 3.47. The maximum atomic E-state index is 12.9. The van der Waals surface area contributed by atoms with Gasteiger partial charge < -0.3 is 4.79 Å². The van der Waals surface area contributed by atoms with E-state index in [0.717, 1.165) is 6.42 Å². The number of ketones is 1. The molecule has 7 heteroatoms.